The number of halogens is 4. The predicted molar refractivity (Wildman–Crippen MR) is 70.8 cm³/mol. The number of anilines is 1. The van der Waals surface area contributed by atoms with E-state index < -0.39 is 11.7 Å². The third-order valence-electron chi connectivity index (χ3n) is 3.02. The Morgan fingerprint density at radius 1 is 1.42 bits per heavy atom. The molecule has 0 N–H and O–H groups in total. The molecule has 7 heteroatoms. The molecule has 1 saturated heterocycles. The van der Waals surface area contributed by atoms with E-state index in [1.807, 2.05) is 0 Å². The van der Waals surface area contributed by atoms with Gasteiger partial charge in [-0.2, -0.15) is 25.8 Å². The van der Waals surface area contributed by atoms with Crippen molar-refractivity contribution < 1.29 is 18.0 Å². The molecular formula is C12H11ClF3NOS. The minimum atomic E-state index is -4.54. The van der Waals surface area contributed by atoms with Gasteiger partial charge in [-0.25, -0.2) is 0 Å². The molecule has 1 amide bonds. The minimum absolute atomic E-state index is 0.00605. The van der Waals surface area contributed by atoms with Crippen LogP contribution in [-0.2, 0) is 11.0 Å². The van der Waals surface area contributed by atoms with Gasteiger partial charge < -0.3 is 4.90 Å². The molecule has 0 bridgehead atoms. The molecule has 1 aromatic carbocycles. The Morgan fingerprint density at radius 3 is 2.63 bits per heavy atom. The Labute approximate surface area is 118 Å². The molecular weight excluding hydrogens is 299 g/mol. The first-order valence-electron chi connectivity index (χ1n) is 5.61. The van der Waals surface area contributed by atoms with Crippen molar-refractivity contribution in [2.75, 3.05) is 17.2 Å². The number of amides is 1. The third kappa shape index (κ3) is 3.00. The zero-order chi connectivity index (χ0) is 14.2. The van der Waals surface area contributed by atoms with Gasteiger partial charge in [0.1, 0.15) is 0 Å². The van der Waals surface area contributed by atoms with Crippen LogP contribution in [0.1, 0.15) is 12.0 Å². The van der Waals surface area contributed by atoms with Gasteiger partial charge in [0.05, 0.1) is 11.3 Å². The van der Waals surface area contributed by atoms with Crippen molar-refractivity contribution in [1.82, 2.24) is 0 Å². The largest absolute Gasteiger partial charge is 0.418 e. The van der Waals surface area contributed by atoms with Gasteiger partial charge in [0.2, 0.25) is 5.91 Å². The highest BCUT2D eigenvalue weighted by Gasteiger charge is 2.39. The van der Waals surface area contributed by atoms with Gasteiger partial charge in [-0.15, -0.1) is 0 Å². The maximum atomic E-state index is 13.0. The van der Waals surface area contributed by atoms with Crippen molar-refractivity contribution >= 4 is 35.8 Å². The molecule has 2 rings (SSSR count). The summed E-state index contributed by atoms with van der Waals surface area (Å²) >= 11 is 9.69. The molecule has 1 aliphatic heterocycles. The topological polar surface area (TPSA) is 20.3 Å². The fraction of sp³-hybridized carbons (Fsp3) is 0.417. The number of carbonyl (C=O) groups excluding carboxylic acids is 1. The van der Waals surface area contributed by atoms with E-state index in [1.165, 1.54) is 17.0 Å². The zero-order valence-corrected chi connectivity index (χ0v) is 11.4. The second-order valence-corrected chi connectivity index (χ2v) is 5.22. The van der Waals surface area contributed by atoms with Crippen LogP contribution in [0.25, 0.3) is 0 Å². The normalized spacial score (nSPS) is 20.2. The van der Waals surface area contributed by atoms with E-state index in [0.29, 0.717) is 5.75 Å². The van der Waals surface area contributed by atoms with E-state index >= 15 is 0 Å². The van der Waals surface area contributed by atoms with Crippen molar-refractivity contribution in [2.24, 2.45) is 5.92 Å². The fourth-order valence-corrected chi connectivity index (χ4v) is 2.52. The van der Waals surface area contributed by atoms with E-state index in [1.54, 1.807) is 0 Å². The molecule has 0 spiro atoms. The molecule has 1 aliphatic rings. The van der Waals surface area contributed by atoms with Crippen molar-refractivity contribution in [3.05, 3.63) is 28.8 Å². The highest BCUT2D eigenvalue weighted by molar-refractivity contribution is 7.80. The van der Waals surface area contributed by atoms with Gasteiger partial charge in [0.25, 0.3) is 0 Å². The van der Waals surface area contributed by atoms with Crippen molar-refractivity contribution in [3.63, 3.8) is 0 Å². The number of alkyl halides is 3. The van der Waals surface area contributed by atoms with E-state index in [4.69, 9.17) is 11.6 Å². The summed E-state index contributed by atoms with van der Waals surface area (Å²) in [6.07, 6.45) is -4.32. The molecule has 1 aromatic rings. The number of thiol groups is 1. The summed E-state index contributed by atoms with van der Waals surface area (Å²) in [6, 6.07) is 3.44. The molecule has 1 atom stereocenters. The highest BCUT2D eigenvalue weighted by Crippen LogP contribution is 2.40. The Bertz CT molecular complexity index is 506. The fourth-order valence-electron chi connectivity index (χ4n) is 2.11. The number of rotatable bonds is 2. The van der Waals surface area contributed by atoms with Gasteiger partial charge in [-0.05, 0) is 29.9 Å². The first-order valence-corrected chi connectivity index (χ1v) is 6.62. The molecule has 19 heavy (non-hydrogen) atoms. The predicted octanol–water partition coefficient (Wildman–Crippen LogP) is 3.64. The summed E-state index contributed by atoms with van der Waals surface area (Å²) in [5.41, 5.74) is -1.01. The molecule has 1 unspecified atom stereocenters. The zero-order valence-electron chi connectivity index (χ0n) is 9.75. The van der Waals surface area contributed by atoms with Gasteiger partial charge in [0, 0.05) is 18.0 Å². The summed E-state index contributed by atoms with van der Waals surface area (Å²) in [4.78, 5) is 13.0. The van der Waals surface area contributed by atoms with Gasteiger partial charge in [0.15, 0.2) is 0 Å². The van der Waals surface area contributed by atoms with E-state index in [2.05, 4.69) is 12.6 Å². The standard InChI is InChI=1S/C12H11ClF3NOS/c13-8-1-2-10(9(4-8)12(14,15)16)17-5-7(6-19)3-11(17)18/h1-2,4,7,19H,3,5-6H2. The lowest BCUT2D eigenvalue weighted by atomic mass is 10.1. The molecule has 1 heterocycles. The van der Waals surface area contributed by atoms with Crippen LogP contribution < -0.4 is 4.90 Å². The summed E-state index contributed by atoms with van der Waals surface area (Å²) in [5, 5.41) is -0.00605. The maximum absolute atomic E-state index is 13.0. The maximum Gasteiger partial charge on any atom is 0.418 e. The van der Waals surface area contributed by atoms with Crippen LogP contribution in [0.3, 0.4) is 0 Å². The van der Waals surface area contributed by atoms with Crippen molar-refractivity contribution in [2.45, 2.75) is 12.6 Å². The van der Waals surface area contributed by atoms with E-state index in [-0.39, 0.29) is 35.5 Å². The van der Waals surface area contributed by atoms with Gasteiger partial charge in [-0.3, -0.25) is 4.79 Å². The second-order valence-electron chi connectivity index (χ2n) is 4.42. The average molecular weight is 310 g/mol. The molecule has 0 aromatic heterocycles. The summed E-state index contributed by atoms with van der Waals surface area (Å²) in [7, 11) is 0. The SMILES string of the molecule is O=C1CC(CS)CN1c1ccc(Cl)cc1C(F)(F)F. The van der Waals surface area contributed by atoms with E-state index in [0.717, 1.165) is 6.07 Å². The van der Waals surface area contributed by atoms with Crippen molar-refractivity contribution in [3.8, 4) is 0 Å². The smallest absolute Gasteiger partial charge is 0.311 e. The number of nitrogens with zero attached hydrogens (tertiary/aromatic N) is 1. The number of hydrogen-bond donors (Lipinski definition) is 1. The average Bonchev–Trinajstić information content (AvgIpc) is 2.69. The van der Waals surface area contributed by atoms with Gasteiger partial charge in [-0.1, -0.05) is 11.6 Å². The quantitative estimate of drug-likeness (QED) is 0.827. The lowest BCUT2D eigenvalue weighted by molar-refractivity contribution is -0.137. The first-order chi connectivity index (χ1) is 8.82. The Balaban J connectivity index is 2.43. The highest BCUT2D eigenvalue weighted by atomic mass is 35.5. The number of hydrogen-bond acceptors (Lipinski definition) is 2. The first kappa shape index (κ1) is 14.5. The minimum Gasteiger partial charge on any atom is -0.311 e. The van der Waals surface area contributed by atoms with Gasteiger partial charge >= 0.3 is 6.18 Å². The summed E-state index contributed by atoms with van der Waals surface area (Å²) in [6.45, 7) is 0.257. The molecule has 0 radical (unpaired) electrons. The molecule has 1 fully saturated rings. The van der Waals surface area contributed by atoms with Crippen LogP contribution in [0.5, 0.6) is 0 Å². The molecule has 104 valence electrons. The monoisotopic (exact) mass is 309 g/mol. The van der Waals surface area contributed by atoms with E-state index in [9.17, 15) is 18.0 Å². The lowest BCUT2D eigenvalue weighted by Gasteiger charge is -2.21. The third-order valence-corrected chi connectivity index (χ3v) is 3.77. The Kier molecular flexibility index (Phi) is 4.01. The van der Waals surface area contributed by atoms with Crippen LogP contribution >= 0.6 is 24.2 Å². The van der Waals surface area contributed by atoms with Crippen LogP contribution in [0.15, 0.2) is 18.2 Å². The number of carbonyl (C=O) groups is 1. The molecule has 0 saturated carbocycles. The van der Waals surface area contributed by atoms with Crippen LogP contribution in [0.2, 0.25) is 5.02 Å². The Morgan fingerprint density at radius 2 is 2.11 bits per heavy atom. The van der Waals surface area contributed by atoms with Crippen molar-refractivity contribution in [1.29, 1.82) is 0 Å². The summed E-state index contributed by atoms with van der Waals surface area (Å²) < 4.78 is 38.9. The summed E-state index contributed by atoms with van der Waals surface area (Å²) in [5.74, 6) is 0.136. The van der Waals surface area contributed by atoms with Crippen LogP contribution in [0, 0.1) is 5.92 Å². The van der Waals surface area contributed by atoms with Crippen LogP contribution in [-0.4, -0.2) is 18.2 Å². The molecule has 2 nitrogen and oxygen atoms in total. The second kappa shape index (κ2) is 5.25. The number of benzene rings is 1. The lowest BCUT2D eigenvalue weighted by Crippen LogP contribution is -2.27. The molecule has 0 aliphatic carbocycles. The van der Waals surface area contributed by atoms with Crippen LogP contribution in [0.4, 0.5) is 18.9 Å². The Hall–Kier alpha value is -0.880.